The molecule has 3 saturated heterocycles. The molecule has 4 rings (SSSR count). The fourth-order valence-electron chi connectivity index (χ4n) is 5.65. The van der Waals surface area contributed by atoms with Gasteiger partial charge in [-0.1, -0.05) is 12.8 Å². The van der Waals surface area contributed by atoms with Crippen LogP contribution in [0.2, 0.25) is 0 Å². The van der Waals surface area contributed by atoms with Crippen LogP contribution >= 0.6 is 24.0 Å². The lowest BCUT2D eigenvalue weighted by Gasteiger charge is -2.28. The summed E-state index contributed by atoms with van der Waals surface area (Å²) in [5.41, 5.74) is 0.243. The molecule has 2 N–H and O–H groups in total. The van der Waals surface area contributed by atoms with E-state index in [1.165, 1.54) is 38.5 Å². The molecule has 0 spiro atoms. The van der Waals surface area contributed by atoms with Gasteiger partial charge in [0, 0.05) is 44.6 Å². The summed E-state index contributed by atoms with van der Waals surface area (Å²) in [6.07, 6.45) is 9.45. The number of rotatable bonds is 5. The molecular weight excluding hydrogens is 429 g/mol. The fourth-order valence-corrected chi connectivity index (χ4v) is 5.65. The van der Waals surface area contributed by atoms with Gasteiger partial charge in [0.15, 0.2) is 5.96 Å². The molecule has 3 aliphatic heterocycles. The highest BCUT2D eigenvalue weighted by Crippen LogP contribution is 2.47. The quantitative estimate of drug-likeness (QED) is 0.374. The number of aliphatic hydroxyl groups excluding tert-OH is 1. The fraction of sp³-hybridized carbons (Fsp3) is 0.947. The average Bonchev–Trinajstić information content (AvgIpc) is 3.32. The maximum absolute atomic E-state index is 9.46. The molecule has 0 aromatic heterocycles. The summed E-state index contributed by atoms with van der Waals surface area (Å²) < 4.78 is 6.10. The highest BCUT2D eigenvalue weighted by atomic mass is 127. The van der Waals surface area contributed by atoms with Crippen LogP contribution in [0.3, 0.4) is 0 Å². The number of guanidine groups is 1. The summed E-state index contributed by atoms with van der Waals surface area (Å²) in [5.74, 6) is 2.52. The molecule has 4 atom stereocenters. The molecule has 4 unspecified atom stereocenters. The van der Waals surface area contributed by atoms with Crippen molar-refractivity contribution < 1.29 is 9.84 Å². The number of aliphatic imine (C=N–C) groups is 1. The van der Waals surface area contributed by atoms with Crippen molar-refractivity contribution in [1.82, 2.24) is 10.2 Å². The second-order valence-corrected chi connectivity index (χ2v) is 8.37. The standard InChI is InChI=1S/C19H33N3O2.HI/c1-2-20-18(21-13-19(9-10-23)7-3-4-8-19)22-11-14-15(12-22)17-6-5-16(14)24-17;/h14-17,23H,2-13H2,1H3,(H,20,21);1H. The Bertz CT molecular complexity index is 463. The molecule has 1 aliphatic carbocycles. The van der Waals surface area contributed by atoms with Crippen LogP contribution in [0.4, 0.5) is 0 Å². The van der Waals surface area contributed by atoms with Gasteiger partial charge in [0.05, 0.1) is 12.2 Å². The van der Waals surface area contributed by atoms with Crippen molar-refractivity contribution in [3.8, 4) is 0 Å². The topological polar surface area (TPSA) is 57.1 Å². The first-order valence-electron chi connectivity index (χ1n) is 10.0. The summed E-state index contributed by atoms with van der Waals surface area (Å²) >= 11 is 0. The number of nitrogens with one attached hydrogen (secondary N) is 1. The van der Waals surface area contributed by atoms with Crippen LogP contribution in [0.25, 0.3) is 0 Å². The van der Waals surface area contributed by atoms with Gasteiger partial charge >= 0.3 is 0 Å². The third kappa shape index (κ3) is 3.81. The Labute approximate surface area is 169 Å². The van der Waals surface area contributed by atoms with Crippen molar-refractivity contribution in [3.63, 3.8) is 0 Å². The highest BCUT2D eigenvalue weighted by Gasteiger charge is 2.53. The second-order valence-electron chi connectivity index (χ2n) is 8.37. The van der Waals surface area contributed by atoms with E-state index in [-0.39, 0.29) is 29.4 Å². The van der Waals surface area contributed by atoms with Crippen LogP contribution < -0.4 is 5.32 Å². The average molecular weight is 463 g/mol. The number of aliphatic hydroxyl groups is 1. The summed E-state index contributed by atoms with van der Waals surface area (Å²) in [6.45, 7) is 6.43. The van der Waals surface area contributed by atoms with E-state index in [1.807, 2.05) is 0 Å². The Morgan fingerprint density at radius 3 is 2.40 bits per heavy atom. The van der Waals surface area contributed by atoms with Gasteiger partial charge in [0.1, 0.15) is 0 Å². The van der Waals surface area contributed by atoms with Crippen molar-refractivity contribution in [3.05, 3.63) is 0 Å². The van der Waals surface area contributed by atoms with E-state index in [2.05, 4.69) is 17.1 Å². The van der Waals surface area contributed by atoms with Crippen LogP contribution in [0.1, 0.15) is 51.9 Å². The van der Waals surface area contributed by atoms with Gasteiger partial charge in [0.25, 0.3) is 0 Å². The van der Waals surface area contributed by atoms with Crippen molar-refractivity contribution in [2.45, 2.75) is 64.1 Å². The number of hydrogen-bond acceptors (Lipinski definition) is 3. The minimum Gasteiger partial charge on any atom is -0.396 e. The normalized spacial score (nSPS) is 35.8. The molecule has 0 aromatic carbocycles. The van der Waals surface area contributed by atoms with Gasteiger partial charge < -0.3 is 20.1 Å². The SMILES string of the molecule is CCNC(=NCC1(CCO)CCCC1)N1CC2C3CCC(O3)C2C1.I. The first-order valence-corrected chi connectivity index (χ1v) is 10.0. The maximum Gasteiger partial charge on any atom is 0.193 e. The summed E-state index contributed by atoms with van der Waals surface area (Å²) in [6, 6.07) is 0. The predicted molar refractivity (Wildman–Crippen MR) is 110 cm³/mol. The minimum absolute atomic E-state index is 0. The highest BCUT2D eigenvalue weighted by molar-refractivity contribution is 14.0. The minimum atomic E-state index is 0. The number of nitrogens with zero attached hydrogens (tertiary/aromatic N) is 2. The third-order valence-electron chi connectivity index (χ3n) is 6.96. The van der Waals surface area contributed by atoms with Crippen LogP contribution in [0, 0.1) is 17.3 Å². The molecule has 144 valence electrons. The summed E-state index contributed by atoms with van der Waals surface area (Å²) in [4.78, 5) is 7.53. The molecule has 4 aliphatic rings. The zero-order valence-corrected chi connectivity index (χ0v) is 17.8. The van der Waals surface area contributed by atoms with Gasteiger partial charge in [-0.25, -0.2) is 0 Å². The van der Waals surface area contributed by atoms with Crippen LogP contribution in [0.15, 0.2) is 4.99 Å². The van der Waals surface area contributed by atoms with E-state index in [0.29, 0.717) is 30.7 Å². The van der Waals surface area contributed by atoms with Gasteiger partial charge in [-0.15, -0.1) is 24.0 Å². The number of ether oxygens (including phenoxy) is 1. The summed E-state index contributed by atoms with van der Waals surface area (Å²) in [5, 5.41) is 13.0. The lowest BCUT2D eigenvalue weighted by Crippen LogP contribution is -2.42. The molecule has 1 saturated carbocycles. The van der Waals surface area contributed by atoms with Gasteiger partial charge in [0.2, 0.25) is 0 Å². The van der Waals surface area contributed by atoms with Crippen molar-refractivity contribution in [1.29, 1.82) is 0 Å². The second kappa shape index (κ2) is 8.30. The first kappa shape index (κ1) is 19.7. The van der Waals surface area contributed by atoms with Crippen molar-refractivity contribution >= 4 is 29.9 Å². The first-order chi connectivity index (χ1) is 11.7. The zero-order chi connectivity index (χ0) is 16.6. The monoisotopic (exact) mass is 463 g/mol. The summed E-state index contributed by atoms with van der Waals surface area (Å²) in [7, 11) is 0. The van der Waals surface area contributed by atoms with Crippen molar-refractivity contribution in [2.24, 2.45) is 22.2 Å². The van der Waals surface area contributed by atoms with Crippen LogP contribution in [-0.4, -0.2) is 61.0 Å². The van der Waals surface area contributed by atoms with E-state index in [0.717, 1.165) is 38.6 Å². The molecule has 25 heavy (non-hydrogen) atoms. The smallest absolute Gasteiger partial charge is 0.193 e. The molecule has 5 nitrogen and oxygen atoms in total. The largest absolute Gasteiger partial charge is 0.396 e. The Morgan fingerprint density at radius 2 is 1.84 bits per heavy atom. The zero-order valence-electron chi connectivity index (χ0n) is 15.5. The number of halogens is 1. The van der Waals surface area contributed by atoms with E-state index >= 15 is 0 Å². The molecule has 4 fully saturated rings. The van der Waals surface area contributed by atoms with Crippen LogP contribution in [-0.2, 0) is 4.74 Å². The van der Waals surface area contributed by atoms with E-state index in [9.17, 15) is 5.11 Å². The maximum atomic E-state index is 9.46. The van der Waals surface area contributed by atoms with Gasteiger partial charge in [-0.05, 0) is 44.4 Å². The van der Waals surface area contributed by atoms with E-state index in [4.69, 9.17) is 9.73 Å². The molecule has 2 bridgehead atoms. The molecule has 0 aromatic rings. The lowest BCUT2D eigenvalue weighted by atomic mass is 9.82. The Kier molecular flexibility index (Phi) is 6.53. The lowest BCUT2D eigenvalue weighted by molar-refractivity contribution is 0.0766. The third-order valence-corrected chi connectivity index (χ3v) is 6.96. The molecule has 6 heteroatoms. The Balaban J connectivity index is 0.00000182. The molecule has 0 amide bonds. The van der Waals surface area contributed by atoms with Gasteiger partial charge in [-0.3, -0.25) is 4.99 Å². The molecule has 3 heterocycles. The Morgan fingerprint density at radius 1 is 1.20 bits per heavy atom. The van der Waals surface area contributed by atoms with Gasteiger partial charge in [-0.2, -0.15) is 0 Å². The van der Waals surface area contributed by atoms with E-state index in [1.54, 1.807) is 0 Å². The Hall–Kier alpha value is -0.0800. The van der Waals surface area contributed by atoms with Crippen LogP contribution in [0.5, 0.6) is 0 Å². The van der Waals surface area contributed by atoms with Crippen molar-refractivity contribution in [2.75, 3.05) is 32.8 Å². The number of fused-ring (bicyclic) bond motifs is 5. The number of hydrogen-bond donors (Lipinski definition) is 2. The number of likely N-dealkylation sites (tertiary alicyclic amines) is 1. The predicted octanol–water partition coefficient (Wildman–Crippen LogP) is 2.62. The molecule has 0 radical (unpaired) electrons. The molecular formula is C19H34IN3O2. The van der Waals surface area contributed by atoms with E-state index < -0.39 is 0 Å².